The second-order valence-corrected chi connectivity index (χ2v) is 3.30. The molecule has 0 radical (unpaired) electrons. The van der Waals surface area contributed by atoms with Gasteiger partial charge in [0.1, 0.15) is 0 Å². The normalized spacial score (nSPS) is 10.2. The first kappa shape index (κ1) is 10.9. The van der Waals surface area contributed by atoms with Gasteiger partial charge in [-0.25, -0.2) is 0 Å². The van der Waals surface area contributed by atoms with Crippen molar-refractivity contribution in [2.45, 2.75) is 6.92 Å². The monoisotopic (exact) mass is 235 g/mol. The smallest absolute Gasteiger partial charge is 0.311 e. The van der Waals surface area contributed by atoms with E-state index in [9.17, 15) is 10.1 Å². The lowest BCUT2D eigenvalue weighted by Crippen LogP contribution is -1.99. The highest BCUT2D eigenvalue weighted by molar-refractivity contribution is 5.53. The molecule has 8 heteroatoms. The molecular weight excluding hydrogens is 226 g/mol. The van der Waals surface area contributed by atoms with E-state index in [1.54, 1.807) is 6.07 Å². The third kappa shape index (κ3) is 2.30. The Morgan fingerprint density at radius 3 is 2.76 bits per heavy atom. The molecule has 0 atom stereocenters. The number of pyridine rings is 1. The second kappa shape index (κ2) is 4.08. The van der Waals surface area contributed by atoms with Crippen LogP contribution in [-0.2, 0) is 0 Å². The van der Waals surface area contributed by atoms with Gasteiger partial charge >= 0.3 is 5.69 Å². The molecule has 3 N–H and O–H groups in total. The molecule has 0 amide bonds. The van der Waals surface area contributed by atoms with Crippen molar-refractivity contribution in [1.29, 1.82) is 0 Å². The number of nitrogens with zero attached hydrogens (tertiary/aromatic N) is 3. The van der Waals surface area contributed by atoms with Gasteiger partial charge in [0.2, 0.25) is 17.6 Å². The molecule has 0 aliphatic rings. The molecule has 0 unspecified atom stereocenters. The summed E-state index contributed by atoms with van der Waals surface area (Å²) >= 11 is 0. The largest absolute Gasteiger partial charge is 0.419 e. The van der Waals surface area contributed by atoms with Gasteiger partial charge in [-0.05, 0) is 6.92 Å². The molecule has 88 valence electrons. The third-order valence-corrected chi connectivity index (χ3v) is 1.97. The van der Waals surface area contributed by atoms with E-state index < -0.39 is 4.92 Å². The van der Waals surface area contributed by atoms with Crippen LogP contribution in [0.1, 0.15) is 5.69 Å². The maximum Gasteiger partial charge on any atom is 0.311 e. The van der Waals surface area contributed by atoms with Crippen LogP contribution in [0.4, 0.5) is 11.5 Å². The highest BCUT2D eigenvalue weighted by Crippen LogP contribution is 2.24. The van der Waals surface area contributed by atoms with Gasteiger partial charge in [-0.2, -0.15) is 4.98 Å². The first-order valence-electron chi connectivity index (χ1n) is 4.67. The zero-order valence-corrected chi connectivity index (χ0v) is 8.88. The predicted octanol–water partition coefficient (Wildman–Crippen LogP) is 1.40. The molecule has 2 aromatic rings. The van der Waals surface area contributed by atoms with E-state index in [0.717, 1.165) is 5.69 Å². The number of aromatic amines is 1. The Morgan fingerprint density at radius 1 is 1.47 bits per heavy atom. The lowest BCUT2D eigenvalue weighted by atomic mass is 10.4. The summed E-state index contributed by atoms with van der Waals surface area (Å²) < 4.78 is 5.26. The fraction of sp³-hybridized carbons (Fsp3) is 0.111. The van der Waals surface area contributed by atoms with Crippen molar-refractivity contribution in [2.75, 3.05) is 5.73 Å². The average molecular weight is 235 g/mol. The Balaban J connectivity index is 2.23. The van der Waals surface area contributed by atoms with Crippen LogP contribution in [0, 0.1) is 17.0 Å². The minimum absolute atomic E-state index is 0.152. The summed E-state index contributed by atoms with van der Waals surface area (Å²) in [6, 6.07) is 4.26. The molecule has 0 bridgehead atoms. The van der Waals surface area contributed by atoms with Gasteiger partial charge in [0.05, 0.1) is 4.92 Å². The molecule has 2 rings (SSSR count). The molecule has 0 saturated carbocycles. The molecule has 8 nitrogen and oxygen atoms in total. The molecule has 2 aromatic heterocycles. The number of nitrogens with two attached hydrogens (primary N) is 1. The van der Waals surface area contributed by atoms with Crippen LogP contribution in [0.2, 0.25) is 0 Å². The summed E-state index contributed by atoms with van der Waals surface area (Å²) in [7, 11) is 0. The first-order chi connectivity index (χ1) is 8.06. The van der Waals surface area contributed by atoms with Crippen molar-refractivity contribution in [3.63, 3.8) is 0 Å². The fourth-order valence-electron chi connectivity index (χ4n) is 1.21. The highest BCUT2D eigenvalue weighted by atomic mass is 16.6. The number of ether oxygens (including phenoxy) is 1. The number of hydrogen-bond acceptors (Lipinski definition) is 6. The van der Waals surface area contributed by atoms with Crippen molar-refractivity contribution < 1.29 is 9.66 Å². The van der Waals surface area contributed by atoms with E-state index in [1.165, 1.54) is 12.1 Å². The number of aryl methyl sites for hydroxylation is 1. The molecule has 17 heavy (non-hydrogen) atoms. The van der Waals surface area contributed by atoms with Crippen LogP contribution in [0.5, 0.6) is 11.8 Å². The summed E-state index contributed by atoms with van der Waals surface area (Å²) in [6.07, 6.45) is 0. The Morgan fingerprint density at radius 2 is 2.24 bits per heavy atom. The van der Waals surface area contributed by atoms with Gasteiger partial charge in [-0.3, -0.25) is 15.2 Å². The number of aromatic nitrogens is 3. The predicted molar refractivity (Wildman–Crippen MR) is 58.7 cm³/mol. The topological polar surface area (TPSA) is 120 Å². The minimum Gasteiger partial charge on any atom is -0.419 e. The number of anilines is 1. The van der Waals surface area contributed by atoms with E-state index in [1.807, 2.05) is 6.92 Å². The average Bonchev–Trinajstić information content (AvgIpc) is 2.63. The minimum atomic E-state index is -0.606. The molecule has 0 aliphatic carbocycles. The molecule has 0 spiro atoms. The Hall–Kier alpha value is -2.64. The standard InChI is InChI=1S/C9H9N5O3/c1-5-4-8(13-12-5)17-7-3-2-6(14(15)16)9(10)11-7/h2-4H,1H3,(H2,10,11)(H,12,13). The van der Waals surface area contributed by atoms with E-state index in [0.29, 0.717) is 5.88 Å². The zero-order chi connectivity index (χ0) is 12.4. The van der Waals surface area contributed by atoms with Gasteiger partial charge in [0, 0.05) is 23.9 Å². The zero-order valence-electron chi connectivity index (χ0n) is 8.88. The van der Waals surface area contributed by atoms with Crippen molar-refractivity contribution in [3.8, 4) is 11.8 Å². The second-order valence-electron chi connectivity index (χ2n) is 3.30. The van der Waals surface area contributed by atoms with Gasteiger partial charge < -0.3 is 10.5 Å². The molecule has 0 fully saturated rings. The molecule has 0 aliphatic heterocycles. The number of nitrogen functional groups attached to an aromatic ring is 1. The maximum atomic E-state index is 10.5. The number of nitrogens with one attached hydrogen (secondary N) is 1. The summed E-state index contributed by atoms with van der Waals surface area (Å²) in [5, 5.41) is 17.0. The van der Waals surface area contributed by atoms with E-state index in [2.05, 4.69) is 15.2 Å². The van der Waals surface area contributed by atoms with E-state index in [4.69, 9.17) is 10.5 Å². The Bertz CT molecular complexity index is 566. The van der Waals surface area contributed by atoms with Crippen molar-refractivity contribution in [3.05, 3.63) is 34.0 Å². The summed E-state index contributed by atoms with van der Waals surface area (Å²) in [4.78, 5) is 13.7. The summed E-state index contributed by atoms with van der Waals surface area (Å²) in [5.41, 5.74) is 5.99. The number of rotatable bonds is 3. The van der Waals surface area contributed by atoms with Gasteiger partial charge in [0.25, 0.3) is 0 Å². The van der Waals surface area contributed by atoms with Gasteiger partial charge in [0.15, 0.2) is 0 Å². The SMILES string of the molecule is Cc1cc(Oc2ccc([N+](=O)[O-])c(N)n2)n[nH]1. The van der Waals surface area contributed by atoms with Crippen molar-refractivity contribution in [2.24, 2.45) is 0 Å². The molecule has 0 saturated heterocycles. The van der Waals surface area contributed by atoms with Crippen molar-refractivity contribution >= 4 is 11.5 Å². The lowest BCUT2D eigenvalue weighted by molar-refractivity contribution is -0.384. The Kier molecular flexibility index (Phi) is 2.61. The number of nitro groups is 1. The van der Waals surface area contributed by atoms with E-state index >= 15 is 0 Å². The van der Waals surface area contributed by atoms with E-state index in [-0.39, 0.29) is 17.4 Å². The highest BCUT2D eigenvalue weighted by Gasteiger charge is 2.14. The summed E-state index contributed by atoms with van der Waals surface area (Å²) in [6.45, 7) is 1.82. The number of H-pyrrole nitrogens is 1. The molecule has 0 aromatic carbocycles. The van der Waals surface area contributed by atoms with Crippen LogP contribution < -0.4 is 10.5 Å². The van der Waals surface area contributed by atoms with Crippen LogP contribution >= 0.6 is 0 Å². The lowest BCUT2D eigenvalue weighted by Gasteiger charge is -2.01. The van der Waals surface area contributed by atoms with Gasteiger partial charge in [-0.15, -0.1) is 5.10 Å². The Labute approximate surface area is 95.6 Å². The van der Waals surface area contributed by atoms with Crippen molar-refractivity contribution in [1.82, 2.24) is 15.2 Å². The number of hydrogen-bond donors (Lipinski definition) is 2. The van der Waals surface area contributed by atoms with Crippen LogP contribution in [-0.4, -0.2) is 20.1 Å². The fourth-order valence-corrected chi connectivity index (χ4v) is 1.21. The van der Waals surface area contributed by atoms with Crippen LogP contribution in [0.15, 0.2) is 18.2 Å². The van der Waals surface area contributed by atoms with Crippen LogP contribution in [0.3, 0.4) is 0 Å². The molecular formula is C9H9N5O3. The first-order valence-corrected chi connectivity index (χ1v) is 4.67. The maximum absolute atomic E-state index is 10.5. The van der Waals surface area contributed by atoms with Crippen LogP contribution in [0.25, 0.3) is 0 Å². The molecule has 2 heterocycles. The quantitative estimate of drug-likeness (QED) is 0.612. The van der Waals surface area contributed by atoms with Gasteiger partial charge in [-0.1, -0.05) is 0 Å². The third-order valence-electron chi connectivity index (χ3n) is 1.97. The summed E-state index contributed by atoms with van der Waals surface area (Å²) in [5.74, 6) is 0.280.